The fourth-order valence-electron chi connectivity index (χ4n) is 3.51. The van der Waals surface area contributed by atoms with Gasteiger partial charge in [0.2, 0.25) is 10.0 Å². The van der Waals surface area contributed by atoms with E-state index in [1.165, 1.54) is 16.6 Å². The summed E-state index contributed by atoms with van der Waals surface area (Å²) in [6, 6.07) is 11.3. The Morgan fingerprint density at radius 3 is 2.79 bits per heavy atom. The molecule has 1 saturated heterocycles. The molecule has 1 amide bonds. The van der Waals surface area contributed by atoms with E-state index in [1.54, 1.807) is 6.20 Å². The van der Waals surface area contributed by atoms with Gasteiger partial charge in [-0.3, -0.25) is 9.78 Å². The topological polar surface area (TPSA) is 95.2 Å². The first-order valence-corrected chi connectivity index (χ1v) is 10.8. The van der Waals surface area contributed by atoms with E-state index in [2.05, 4.69) is 15.3 Å². The van der Waals surface area contributed by atoms with Gasteiger partial charge in [0, 0.05) is 37.4 Å². The van der Waals surface area contributed by atoms with E-state index >= 15 is 0 Å². The van der Waals surface area contributed by atoms with Crippen LogP contribution in [-0.2, 0) is 16.4 Å². The van der Waals surface area contributed by atoms with Crippen molar-refractivity contribution < 1.29 is 13.2 Å². The van der Waals surface area contributed by atoms with Crippen molar-refractivity contribution in [1.29, 1.82) is 0 Å². The van der Waals surface area contributed by atoms with E-state index < -0.39 is 10.0 Å². The van der Waals surface area contributed by atoms with Gasteiger partial charge in [0.25, 0.3) is 5.91 Å². The summed E-state index contributed by atoms with van der Waals surface area (Å²) in [5.41, 5.74) is 2.23. The van der Waals surface area contributed by atoms with Crippen LogP contribution in [0.1, 0.15) is 28.9 Å². The monoisotopic (exact) mass is 398 g/mol. The minimum Gasteiger partial charge on any atom is -0.356 e. The number of aromatic nitrogens is 2. The van der Waals surface area contributed by atoms with E-state index in [-0.39, 0.29) is 16.5 Å². The Bertz CT molecular complexity index is 1100. The summed E-state index contributed by atoms with van der Waals surface area (Å²) in [6.45, 7) is 1.50. The second-order valence-corrected chi connectivity index (χ2v) is 8.80. The van der Waals surface area contributed by atoms with Crippen molar-refractivity contribution in [2.45, 2.75) is 24.2 Å². The molecule has 8 heteroatoms. The number of benzene rings is 1. The first kappa shape index (κ1) is 18.6. The smallest absolute Gasteiger partial charge is 0.267 e. The number of hydrogen-bond acceptors (Lipinski definition) is 4. The van der Waals surface area contributed by atoms with Crippen LogP contribution >= 0.6 is 0 Å². The third-order valence-corrected chi connectivity index (χ3v) is 6.88. The minimum absolute atomic E-state index is 0.137. The molecular weight excluding hydrogens is 376 g/mol. The first-order chi connectivity index (χ1) is 13.6. The average molecular weight is 398 g/mol. The molecule has 1 aliphatic rings. The molecule has 0 atom stereocenters. The van der Waals surface area contributed by atoms with Crippen LogP contribution in [0.5, 0.6) is 0 Å². The Morgan fingerprint density at radius 1 is 1.18 bits per heavy atom. The molecule has 3 heterocycles. The highest BCUT2D eigenvalue weighted by atomic mass is 32.2. The maximum atomic E-state index is 12.6. The van der Waals surface area contributed by atoms with E-state index in [0.29, 0.717) is 26.1 Å². The highest BCUT2D eigenvalue weighted by molar-refractivity contribution is 7.89. The van der Waals surface area contributed by atoms with Crippen LogP contribution in [0.3, 0.4) is 0 Å². The number of pyridine rings is 1. The van der Waals surface area contributed by atoms with Crippen molar-refractivity contribution in [2.75, 3.05) is 19.6 Å². The molecule has 1 fully saturated rings. The van der Waals surface area contributed by atoms with E-state index in [1.807, 2.05) is 30.3 Å². The Balaban J connectivity index is 1.40. The summed E-state index contributed by atoms with van der Waals surface area (Å²) in [5, 5.41) is 3.90. The number of fused-ring (bicyclic) bond motifs is 1. The number of nitrogens with one attached hydrogen (secondary N) is 2. The molecule has 1 aromatic carbocycles. The molecule has 146 valence electrons. The van der Waals surface area contributed by atoms with Crippen LogP contribution < -0.4 is 5.32 Å². The number of carbonyl (C=O) groups is 1. The summed E-state index contributed by atoms with van der Waals surface area (Å²) < 4.78 is 26.6. The summed E-state index contributed by atoms with van der Waals surface area (Å²) in [6.07, 6.45) is 5.53. The third kappa shape index (κ3) is 3.65. The first-order valence-electron chi connectivity index (χ1n) is 9.35. The molecule has 4 rings (SSSR count). The lowest BCUT2D eigenvalue weighted by atomic mass is 10.1. The zero-order valence-electron chi connectivity index (χ0n) is 15.4. The lowest BCUT2D eigenvalue weighted by Crippen LogP contribution is -2.28. The molecule has 28 heavy (non-hydrogen) atoms. The molecule has 0 aliphatic carbocycles. The third-order valence-electron chi connectivity index (χ3n) is 5.00. The normalized spacial score (nSPS) is 15.1. The maximum absolute atomic E-state index is 12.6. The van der Waals surface area contributed by atoms with E-state index in [4.69, 9.17) is 0 Å². The summed E-state index contributed by atoms with van der Waals surface area (Å²) in [7, 11) is -3.53. The quantitative estimate of drug-likeness (QED) is 0.666. The second kappa shape index (κ2) is 7.73. The molecule has 0 bridgehead atoms. The predicted molar refractivity (Wildman–Crippen MR) is 107 cm³/mol. The van der Waals surface area contributed by atoms with Gasteiger partial charge in [-0.2, -0.15) is 4.31 Å². The molecular formula is C20H22N4O3S. The van der Waals surface area contributed by atoms with Crippen LogP contribution in [0.25, 0.3) is 10.9 Å². The van der Waals surface area contributed by atoms with Crippen LogP contribution in [0.4, 0.5) is 0 Å². The van der Waals surface area contributed by atoms with Crippen LogP contribution in [0, 0.1) is 0 Å². The van der Waals surface area contributed by atoms with Gasteiger partial charge in [-0.15, -0.1) is 0 Å². The van der Waals surface area contributed by atoms with Gasteiger partial charge in [-0.1, -0.05) is 24.3 Å². The molecule has 2 aromatic heterocycles. The lowest BCUT2D eigenvalue weighted by Gasteiger charge is -2.13. The molecule has 0 radical (unpaired) electrons. The van der Waals surface area contributed by atoms with Gasteiger partial charge < -0.3 is 10.3 Å². The van der Waals surface area contributed by atoms with Crippen molar-refractivity contribution in [1.82, 2.24) is 19.6 Å². The maximum Gasteiger partial charge on any atom is 0.267 e. The Hall–Kier alpha value is -2.71. The van der Waals surface area contributed by atoms with Gasteiger partial charge in [-0.05, 0) is 37.0 Å². The summed E-state index contributed by atoms with van der Waals surface area (Å²) >= 11 is 0. The number of aromatic amines is 1. The van der Waals surface area contributed by atoms with Gasteiger partial charge in [0.15, 0.2) is 0 Å². The molecule has 0 saturated carbocycles. The summed E-state index contributed by atoms with van der Waals surface area (Å²) in [4.78, 5) is 19.7. The predicted octanol–water partition coefficient (Wildman–Crippen LogP) is 2.32. The zero-order valence-corrected chi connectivity index (χ0v) is 16.2. The van der Waals surface area contributed by atoms with Gasteiger partial charge in [0.05, 0.1) is 5.52 Å². The number of hydrogen-bond donors (Lipinski definition) is 2. The van der Waals surface area contributed by atoms with Crippen LogP contribution in [0.2, 0.25) is 0 Å². The van der Waals surface area contributed by atoms with Crippen molar-refractivity contribution in [3.8, 4) is 0 Å². The number of sulfonamides is 1. The number of H-pyrrole nitrogens is 1. The number of rotatable bonds is 6. The molecule has 1 aliphatic heterocycles. The zero-order chi connectivity index (χ0) is 19.6. The number of carbonyl (C=O) groups excluding carboxylic acids is 1. The highest BCUT2D eigenvalue weighted by Crippen LogP contribution is 2.21. The van der Waals surface area contributed by atoms with Crippen molar-refractivity contribution in [2.24, 2.45) is 0 Å². The molecule has 0 unspecified atom stereocenters. The van der Waals surface area contributed by atoms with Crippen molar-refractivity contribution in [3.05, 3.63) is 60.0 Å². The van der Waals surface area contributed by atoms with Crippen LogP contribution in [0.15, 0.2) is 53.7 Å². The van der Waals surface area contributed by atoms with Gasteiger partial charge >= 0.3 is 0 Å². The fraction of sp³-hybridized carbons (Fsp3) is 0.300. The largest absolute Gasteiger partial charge is 0.356 e. The SMILES string of the molecule is O=C(NCCc1cccc2cccnc12)c1cc(S(=O)(=O)N2CCCC2)c[nH]1. The van der Waals surface area contributed by atoms with Crippen molar-refractivity contribution in [3.63, 3.8) is 0 Å². The molecule has 7 nitrogen and oxygen atoms in total. The fourth-order valence-corrected chi connectivity index (χ4v) is 5.02. The lowest BCUT2D eigenvalue weighted by molar-refractivity contribution is 0.0949. The Kier molecular flexibility index (Phi) is 5.15. The highest BCUT2D eigenvalue weighted by Gasteiger charge is 2.28. The van der Waals surface area contributed by atoms with E-state index in [0.717, 1.165) is 29.3 Å². The number of amides is 1. The minimum atomic E-state index is -3.53. The Morgan fingerprint density at radius 2 is 1.96 bits per heavy atom. The average Bonchev–Trinajstić information content (AvgIpc) is 3.41. The molecule has 0 spiro atoms. The van der Waals surface area contributed by atoms with Gasteiger partial charge in [-0.25, -0.2) is 8.42 Å². The Labute approximate surface area is 163 Å². The second-order valence-electron chi connectivity index (χ2n) is 6.86. The van der Waals surface area contributed by atoms with Crippen LogP contribution in [-0.4, -0.2) is 48.2 Å². The van der Waals surface area contributed by atoms with E-state index in [9.17, 15) is 13.2 Å². The van der Waals surface area contributed by atoms with Gasteiger partial charge in [0.1, 0.15) is 10.6 Å². The molecule has 2 N–H and O–H groups in total. The van der Waals surface area contributed by atoms with Crippen molar-refractivity contribution >= 4 is 26.8 Å². The summed E-state index contributed by atoms with van der Waals surface area (Å²) in [5.74, 6) is -0.323. The standard InChI is InChI=1S/C20H22N4O3S/c25-20(18-13-17(14-23-18)28(26,27)24-11-1-2-12-24)22-10-8-16-6-3-5-15-7-4-9-21-19(15)16/h3-7,9,13-14,23H,1-2,8,10-12H2,(H,22,25). The number of nitrogens with zero attached hydrogens (tertiary/aromatic N) is 2. The number of para-hydroxylation sites is 1. The molecule has 3 aromatic rings.